The number of hydrogen-bond acceptors (Lipinski definition) is 0. The normalized spacial score (nSPS) is 35.2. The predicted octanol–water partition coefficient (Wildman–Crippen LogP) is 8.07. The minimum absolute atomic E-state index is 0. The number of hydrogen-bond donors (Lipinski definition) is 0. The maximum atomic E-state index is 2.99. The van der Waals surface area contributed by atoms with E-state index in [1.54, 1.807) is 0 Å². The van der Waals surface area contributed by atoms with Gasteiger partial charge in [0, 0.05) is 10.8 Å². The number of rotatable bonds is 2. The van der Waals surface area contributed by atoms with Crippen LogP contribution in [-0.2, 0) is 23.9 Å². The summed E-state index contributed by atoms with van der Waals surface area (Å²) in [5.74, 6) is 0.460. The van der Waals surface area contributed by atoms with Crippen LogP contribution >= 0.6 is 0 Å². The van der Waals surface area contributed by atoms with Crippen LogP contribution in [0.2, 0.25) is 0 Å². The van der Waals surface area contributed by atoms with E-state index >= 15 is 0 Å². The molecule has 0 nitrogen and oxygen atoms in total. The van der Waals surface area contributed by atoms with Crippen LogP contribution in [0.5, 0.6) is 0 Å². The van der Waals surface area contributed by atoms with Crippen LogP contribution in [0.25, 0.3) is 21.5 Å². The van der Waals surface area contributed by atoms with Crippen molar-refractivity contribution in [3.63, 3.8) is 0 Å². The Labute approximate surface area is 375 Å². The van der Waals surface area contributed by atoms with Gasteiger partial charge >= 0.3 is 145 Å². The van der Waals surface area contributed by atoms with Gasteiger partial charge in [0.15, 0.2) is 0 Å². The van der Waals surface area contributed by atoms with E-state index in [9.17, 15) is 0 Å². The van der Waals surface area contributed by atoms with E-state index in [4.69, 9.17) is 0 Å². The van der Waals surface area contributed by atoms with Gasteiger partial charge in [-0.25, -0.2) is 12.2 Å². The molecule has 4 aromatic rings. The van der Waals surface area contributed by atoms with Crippen LogP contribution in [0.4, 0.5) is 0 Å². The third-order valence-corrected chi connectivity index (χ3v) is 18.8. The summed E-state index contributed by atoms with van der Waals surface area (Å²) in [6.45, 7) is 20.3. The second kappa shape index (κ2) is 15.9. The van der Waals surface area contributed by atoms with Crippen LogP contribution in [0.15, 0.2) is 176 Å². The first-order valence-corrected chi connectivity index (χ1v) is 22.2. The van der Waals surface area contributed by atoms with Gasteiger partial charge in [-0.2, -0.15) is 6.08 Å². The van der Waals surface area contributed by atoms with Gasteiger partial charge in [0.05, 0.1) is 0 Å². The fourth-order valence-corrected chi connectivity index (χ4v) is 13.6. The van der Waals surface area contributed by atoms with Crippen LogP contribution in [-0.4, -0.2) is 3.26 Å². The fourth-order valence-electron chi connectivity index (χ4n) is 12.4. The van der Waals surface area contributed by atoms with Gasteiger partial charge in [0.25, 0.3) is 0 Å². The Morgan fingerprint density at radius 2 is 1.09 bits per heavy atom. The van der Waals surface area contributed by atoms with Crippen molar-refractivity contribution < 1.29 is 48.7 Å². The van der Waals surface area contributed by atoms with Crippen molar-refractivity contribution in [1.29, 1.82) is 0 Å². The molecule has 6 aliphatic carbocycles. The van der Waals surface area contributed by atoms with Crippen molar-refractivity contribution >= 4 is 24.8 Å². The maximum absolute atomic E-state index is 2.99. The Hall–Kier alpha value is -3.36. The van der Waals surface area contributed by atoms with Gasteiger partial charge in [-0.15, -0.1) is 23.8 Å². The van der Waals surface area contributed by atoms with Gasteiger partial charge < -0.3 is 31.2 Å². The minimum atomic E-state index is 0. The Morgan fingerprint density at radius 1 is 0.603 bits per heavy atom. The average Bonchev–Trinajstić information content (AvgIpc) is 3.87. The van der Waals surface area contributed by atoms with Crippen molar-refractivity contribution in [2.75, 3.05) is 0 Å². The van der Waals surface area contributed by atoms with E-state index in [0.717, 1.165) is 30.3 Å². The molecule has 6 aliphatic rings. The van der Waals surface area contributed by atoms with Crippen LogP contribution < -0.4 is 24.8 Å². The van der Waals surface area contributed by atoms with Crippen LogP contribution in [0.3, 0.4) is 0 Å². The molecule has 10 rings (SSSR count). The molecule has 8 atom stereocenters. The van der Waals surface area contributed by atoms with E-state index in [0.29, 0.717) is 5.92 Å². The Kier molecular flexibility index (Phi) is 12.1. The van der Waals surface area contributed by atoms with Gasteiger partial charge in [-0.05, 0) is 28.6 Å². The fraction of sp³-hybridized carbons (Fsp3) is 0.309. The molecule has 3 heteroatoms. The molecule has 0 heterocycles. The number of fused-ring (bicyclic) bond motifs is 10. The molecule has 296 valence electrons. The third kappa shape index (κ3) is 5.95. The van der Waals surface area contributed by atoms with E-state index in [1.165, 1.54) is 41.5 Å². The monoisotopic (exact) mass is 966 g/mol. The predicted molar refractivity (Wildman–Crippen MR) is 237 cm³/mol. The van der Waals surface area contributed by atoms with Crippen molar-refractivity contribution in [1.82, 2.24) is 0 Å². The second-order valence-corrected chi connectivity index (χ2v) is 20.0. The SMILES string of the molecule is CC1=CC=CC2[CH-]C3(C)C4(C)C=CC=CC4(C)C4(C)C=CC=CC4(C)C3(C)C12C.[C-]1=CC=CC1.[Cl-].[Cl-].[Hf+2]=[C](c1ccc2ccccc2c1)c1ccc2ccccc2c1. The molecule has 58 heavy (non-hydrogen) atoms. The summed E-state index contributed by atoms with van der Waals surface area (Å²) in [5.41, 5.74) is 4.43. The summed E-state index contributed by atoms with van der Waals surface area (Å²) < 4.78 is 1.46. The quantitative estimate of drug-likeness (QED) is 0.141. The molecule has 0 radical (unpaired) electrons. The van der Waals surface area contributed by atoms with E-state index < -0.39 is 0 Å². The topological polar surface area (TPSA) is 0 Å². The Morgan fingerprint density at radius 3 is 1.57 bits per heavy atom. The first kappa shape index (κ1) is 44.2. The number of halogens is 2. The van der Waals surface area contributed by atoms with Crippen molar-refractivity contribution in [3.05, 3.63) is 199 Å². The zero-order chi connectivity index (χ0) is 39.6. The van der Waals surface area contributed by atoms with E-state index in [-0.39, 0.29) is 62.7 Å². The van der Waals surface area contributed by atoms with Gasteiger partial charge in [-0.1, -0.05) is 115 Å². The standard InChI is InChI=1S/C29H37.C21H14.C5H5.2ClH.Hf/c1-21-14-13-15-22-20-27(6)25(4)18-10-9-16-23(25,2)24(3)17-11-12-19-26(24,5)29(27,8)28(21,22)7;1-3-7-20-14-16(9-11-18(20)5-1)13-17-10-12-19-6-2-4-8-21(19)15-17;1-2-4-5-3-1;;;/h9-20,22H,1-8H3;1-12,14-15H;1-3H,4H2;2*1H;/q-1;;-1;;;+2/p-2. The molecule has 2 fully saturated rings. The molecule has 0 aliphatic heterocycles. The Bertz CT molecular complexity index is 2400. The molecule has 2 saturated carbocycles. The molecule has 0 spiro atoms. The third-order valence-electron chi connectivity index (χ3n) is 16.7. The van der Waals surface area contributed by atoms with Gasteiger partial charge in [-0.3, -0.25) is 6.08 Å². The van der Waals surface area contributed by atoms with Gasteiger partial charge in [0.1, 0.15) is 0 Å². The van der Waals surface area contributed by atoms with Crippen molar-refractivity contribution in [3.8, 4) is 0 Å². The number of benzene rings is 4. The molecule has 8 unspecified atom stereocenters. The number of allylic oxidation sites excluding steroid dienone is 16. The Balaban J connectivity index is 0.000000173. The molecule has 4 aromatic carbocycles. The van der Waals surface area contributed by atoms with Crippen LogP contribution in [0.1, 0.15) is 72.9 Å². The molecule has 0 amide bonds. The van der Waals surface area contributed by atoms with E-state index in [2.05, 4.69) is 226 Å². The zero-order valence-electron chi connectivity index (χ0n) is 35.3. The summed E-state index contributed by atoms with van der Waals surface area (Å²) in [5, 5.41) is 5.24. The van der Waals surface area contributed by atoms with Crippen molar-refractivity contribution in [2.45, 2.75) is 61.8 Å². The summed E-state index contributed by atoms with van der Waals surface area (Å²) in [6, 6.07) is 30.7. The average molecular weight is 966 g/mol. The molecule has 0 bridgehead atoms. The van der Waals surface area contributed by atoms with E-state index in [1.807, 2.05) is 12.2 Å². The first-order valence-electron chi connectivity index (χ1n) is 20.5. The molecule has 0 N–H and O–H groups in total. The first-order chi connectivity index (χ1) is 26.7. The molecular weight excluding hydrogens is 910 g/mol. The molecule has 0 aromatic heterocycles. The van der Waals surface area contributed by atoms with Crippen molar-refractivity contribution in [2.24, 2.45) is 43.8 Å². The second-order valence-electron chi connectivity index (χ2n) is 18.2. The van der Waals surface area contributed by atoms with Crippen LogP contribution in [0, 0.1) is 56.3 Å². The molecule has 0 saturated heterocycles. The molecular formula is C55H56Cl2Hf-2. The summed E-state index contributed by atoms with van der Waals surface area (Å²) in [6.07, 6.45) is 39.3. The summed E-state index contributed by atoms with van der Waals surface area (Å²) in [4.78, 5) is 0. The summed E-state index contributed by atoms with van der Waals surface area (Å²) in [7, 11) is 0. The zero-order valence-corrected chi connectivity index (χ0v) is 40.4. The summed E-state index contributed by atoms with van der Waals surface area (Å²) >= 11 is 1.03. The van der Waals surface area contributed by atoms with Gasteiger partial charge in [0.2, 0.25) is 0 Å².